The maximum atomic E-state index is 12.5. The summed E-state index contributed by atoms with van der Waals surface area (Å²) in [7, 11) is 0. The summed E-state index contributed by atoms with van der Waals surface area (Å²) in [6, 6.07) is -0.886. The summed E-state index contributed by atoms with van der Waals surface area (Å²) < 4.78 is 1.48. The summed E-state index contributed by atoms with van der Waals surface area (Å²) in [5.74, 6) is 0.201. The number of carboxylic acid groups (broad SMARTS) is 1. The van der Waals surface area contributed by atoms with E-state index in [1.165, 1.54) is 39.2 Å². The highest BCUT2D eigenvalue weighted by Crippen LogP contribution is 2.22. The van der Waals surface area contributed by atoms with Crippen LogP contribution in [0.4, 0.5) is 0 Å². The van der Waals surface area contributed by atoms with Gasteiger partial charge in [0.15, 0.2) is 5.16 Å². The fourth-order valence-electron chi connectivity index (χ4n) is 2.37. The Bertz CT molecular complexity index is 660. The molecule has 3 rings (SSSR count). The molecule has 7 nitrogen and oxygen atoms in total. The van der Waals surface area contributed by atoms with Crippen LogP contribution >= 0.6 is 23.5 Å². The first kappa shape index (κ1) is 14.5. The summed E-state index contributed by atoms with van der Waals surface area (Å²) in [4.78, 5) is 41.5. The van der Waals surface area contributed by atoms with Gasteiger partial charge < -0.3 is 10.0 Å². The lowest BCUT2D eigenvalue weighted by Gasteiger charge is -2.32. The average molecular weight is 327 g/mol. The van der Waals surface area contributed by atoms with Gasteiger partial charge in [0.25, 0.3) is 11.5 Å². The lowest BCUT2D eigenvalue weighted by atomic mass is 10.2. The molecule has 9 heteroatoms. The first-order valence-electron chi connectivity index (χ1n) is 6.44. The lowest BCUT2D eigenvalue weighted by Crippen LogP contribution is -2.51. The molecule has 1 aromatic heterocycles. The topological polar surface area (TPSA) is 92.5 Å². The minimum atomic E-state index is -1.04. The van der Waals surface area contributed by atoms with Gasteiger partial charge in [-0.05, 0) is 0 Å². The monoisotopic (exact) mass is 327 g/mol. The Balaban J connectivity index is 1.95. The number of carboxylic acids is 1. The zero-order chi connectivity index (χ0) is 15.0. The Morgan fingerprint density at radius 2 is 2.14 bits per heavy atom. The molecule has 1 aromatic rings. The first-order chi connectivity index (χ1) is 10.1. The van der Waals surface area contributed by atoms with Gasteiger partial charge in [-0.25, -0.2) is 9.78 Å². The predicted octanol–water partition coefficient (Wildman–Crippen LogP) is -0.00880. The second kappa shape index (κ2) is 5.72. The SMILES string of the molecule is O=C(O)C1CSCCN1C(=O)c1cnc2n(c1=O)CCS2. The Labute approximate surface area is 128 Å². The highest BCUT2D eigenvalue weighted by atomic mass is 32.2. The van der Waals surface area contributed by atoms with Gasteiger partial charge in [0.1, 0.15) is 11.6 Å². The van der Waals surface area contributed by atoms with E-state index in [0.29, 0.717) is 29.8 Å². The van der Waals surface area contributed by atoms with Crippen molar-refractivity contribution < 1.29 is 14.7 Å². The zero-order valence-electron chi connectivity index (χ0n) is 11.0. The minimum Gasteiger partial charge on any atom is -0.480 e. The molecule has 1 atom stereocenters. The fraction of sp³-hybridized carbons (Fsp3) is 0.500. The Morgan fingerprint density at radius 1 is 1.33 bits per heavy atom. The molecule has 0 radical (unpaired) electrons. The largest absolute Gasteiger partial charge is 0.480 e. The van der Waals surface area contributed by atoms with Gasteiger partial charge in [-0.2, -0.15) is 11.8 Å². The summed E-state index contributed by atoms with van der Waals surface area (Å²) in [5, 5.41) is 9.83. The number of hydrogen-bond donors (Lipinski definition) is 1. The highest BCUT2D eigenvalue weighted by molar-refractivity contribution is 7.99. The zero-order valence-corrected chi connectivity index (χ0v) is 12.7. The van der Waals surface area contributed by atoms with Crippen molar-refractivity contribution >= 4 is 35.4 Å². The number of aliphatic carboxylic acids is 1. The van der Waals surface area contributed by atoms with Crippen LogP contribution in [0.25, 0.3) is 0 Å². The van der Waals surface area contributed by atoms with Crippen LogP contribution in [0.3, 0.4) is 0 Å². The van der Waals surface area contributed by atoms with E-state index in [-0.39, 0.29) is 11.1 Å². The quantitative estimate of drug-likeness (QED) is 0.764. The number of thioether (sulfide) groups is 2. The van der Waals surface area contributed by atoms with Crippen LogP contribution in [-0.2, 0) is 11.3 Å². The molecule has 2 aliphatic heterocycles. The number of nitrogens with zero attached hydrogens (tertiary/aromatic N) is 3. The van der Waals surface area contributed by atoms with Gasteiger partial charge in [0, 0.05) is 36.5 Å². The van der Waals surface area contributed by atoms with E-state index in [1.807, 2.05) is 0 Å². The van der Waals surface area contributed by atoms with Crippen LogP contribution in [0, 0.1) is 0 Å². The van der Waals surface area contributed by atoms with Gasteiger partial charge in [0.05, 0.1) is 0 Å². The van der Waals surface area contributed by atoms with E-state index in [0.717, 1.165) is 5.75 Å². The number of hydrogen-bond acceptors (Lipinski definition) is 6. The van der Waals surface area contributed by atoms with Crippen molar-refractivity contribution in [2.24, 2.45) is 0 Å². The van der Waals surface area contributed by atoms with Gasteiger partial charge in [-0.1, -0.05) is 11.8 Å². The van der Waals surface area contributed by atoms with Crippen LogP contribution in [0.2, 0.25) is 0 Å². The van der Waals surface area contributed by atoms with E-state index < -0.39 is 17.9 Å². The van der Waals surface area contributed by atoms with Crippen LogP contribution in [0.15, 0.2) is 16.1 Å². The highest BCUT2D eigenvalue weighted by Gasteiger charge is 2.34. The third-order valence-electron chi connectivity index (χ3n) is 3.46. The molecule has 112 valence electrons. The second-order valence-corrected chi connectivity index (χ2v) is 6.90. The number of aromatic nitrogens is 2. The summed E-state index contributed by atoms with van der Waals surface area (Å²) in [6.07, 6.45) is 1.27. The van der Waals surface area contributed by atoms with Crippen LogP contribution < -0.4 is 5.56 Å². The minimum absolute atomic E-state index is 0.0422. The van der Waals surface area contributed by atoms with Gasteiger partial charge >= 0.3 is 5.97 Å². The number of amides is 1. The van der Waals surface area contributed by atoms with Crippen molar-refractivity contribution in [3.8, 4) is 0 Å². The molecule has 0 aromatic carbocycles. The molecule has 1 fully saturated rings. The molecule has 0 saturated carbocycles. The molecule has 1 unspecified atom stereocenters. The molecular formula is C12H13N3O4S2. The molecule has 1 amide bonds. The van der Waals surface area contributed by atoms with Gasteiger partial charge in [-0.3, -0.25) is 14.2 Å². The third kappa shape index (κ3) is 2.55. The van der Waals surface area contributed by atoms with Crippen LogP contribution in [0.5, 0.6) is 0 Å². The molecule has 1 N–H and O–H groups in total. The van der Waals surface area contributed by atoms with E-state index in [9.17, 15) is 19.5 Å². The second-order valence-electron chi connectivity index (χ2n) is 4.69. The van der Waals surface area contributed by atoms with Gasteiger partial charge in [0.2, 0.25) is 0 Å². The van der Waals surface area contributed by atoms with E-state index in [4.69, 9.17) is 0 Å². The summed E-state index contributed by atoms with van der Waals surface area (Å²) >= 11 is 2.97. The molecule has 0 spiro atoms. The first-order valence-corrected chi connectivity index (χ1v) is 8.58. The van der Waals surface area contributed by atoms with Crippen molar-refractivity contribution in [2.75, 3.05) is 23.8 Å². The Morgan fingerprint density at radius 3 is 2.90 bits per heavy atom. The smallest absolute Gasteiger partial charge is 0.327 e. The Kier molecular flexibility index (Phi) is 3.94. The lowest BCUT2D eigenvalue weighted by molar-refractivity contribution is -0.141. The maximum Gasteiger partial charge on any atom is 0.327 e. The van der Waals surface area contributed by atoms with Crippen molar-refractivity contribution in [3.05, 3.63) is 22.1 Å². The number of rotatable bonds is 2. The Hall–Kier alpha value is -1.48. The van der Waals surface area contributed by atoms with Crippen molar-refractivity contribution in [3.63, 3.8) is 0 Å². The predicted molar refractivity (Wildman–Crippen MR) is 79.0 cm³/mol. The third-order valence-corrected chi connectivity index (χ3v) is 5.45. The van der Waals surface area contributed by atoms with Crippen molar-refractivity contribution in [2.45, 2.75) is 17.7 Å². The standard InChI is InChI=1S/C12H13N3O4S2/c16-9(14-1-3-20-6-8(14)11(18)19)7-5-13-12-15(10(7)17)2-4-21-12/h5,8H,1-4,6H2,(H,18,19). The van der Waals surface area contributed by atoms with Crippen LogP contribution in [-0.4, -0.2) is 61.3 Å². The van der Waals surface area contributed by atoms with Crippen molar-refractivity contribution in [1.82, 2.24) is 14.5 Å². The molecule has 0 bridgehead atoms. The van der Waals surface area contributed by atoms with E-state index in [2.05, 4.69) is 4.98 Å². The number of carbonyl (C=O) groups excluding carboxylic acids is 1. The number of fused-ring (bicyclic) bond motifs is 1. The van der Waals surface area contributed by atoms with Gasteiger partial charge in [-0.15, -0.1) is 0 Å². The van der Waals surface area contributed by atoms with Crippen molar-refractivity contribution in [1.29, 1.82) is 0 Å². The average Bonchev–Trinajstić information content (AvgIpc) is 2.96. The molecule has 3 heterocycles. The fourth-order valence-corrected chi connectivity index (χ4v) is 4.32. The summed E-state index contributed by atoms with van der Waals surface area (Å²) in [5.41, 5.74) is -0.420. The van der Waals surface area contributed by atoms with E-state index >= 15 is 0 Å². The summed E-state index contributed by atoms with van der Waals surface area (Å²) in [6.45, 7) is 0.863. The van der Waals surface area contributed by atoms with E-state index in [1.54, 1.807) is 0 Å². The molecule has 0 aliphatic carbocycles. The number of carbonyl (C=O) groups is 2. The normalized spacial score (nSPS) is 21.1. The molecule has 21 heavy (non-hydrogen) atoms. The van der Waals surface area contributed by atoms with Crippen LogP contribution in [0.1, 0.15) is 10.4 Å². The molecule has 2 aliphatic rings. The molecule has 1 saturated heterocycles. The molecular weight excluding hydrogens is 314 g/mol. The maximum absolute atomic E-state index is 12.5.